The minimum absolute atomic E-state index is 0.0328. The highest BCUT2D eigenvalue weighted by Gasteiger charge is 2.23. The maximum atomic E-state index is 14.0. The summed E-state index contributed by atoms with van der Waals surface area (Å²) in [5.41, 5.74) is 6.29. The van der Waals surface area contributed by atoms with Gasteiger partial charge in [0.1, 0.15) is 12.4 Å². The average molecular weight is 539 g/mol. The highest BCUT2D eigenvalue weighted by Crippen LogP contribution is 2.23. The fraction of sp³-hybridized carbons (Fsp3) is 0.273. The Kier molecular flexibility index (Phi) is 7.70. The molecule has 8 nitrogen and oxygen atoms in total. The molecule has 0 atom stereocenters. The van der Waals surface area contributed by atoms with Crippen LogP contribution in [0.1, 0.15) is 29.9 Å². The summed E-state index contributed by atoms with van der Waals surface area (Å²) in [6, 6.07) is 9.41. The van der Waals surface area contributed by atoms with E-state index >= 15 is 0 Å². The summed E-state index contributed by atoms with van der Waals surface area (Å²) in [7, 11) is 0. The molecule has 2 aromatic carbocycles. The second-order valence-electron chi connectivity index (χ2n) is 7.64. The molecule has 0 bridgehead atoms. The molecule has 1 aromatic heterocycles. The standard InChI is InChI=1S/C22H22BrClFN5O3/c1-12(2)29(10-18(31)27-9-13-4-3-5-16(24)20(13)25)19(32)11-30-17-7-6-14(23)8-15(17)21(28-30)22(26)33/h3-8,12H,9-11H2,1-2H3,(H2,26,33)(H,27,31). The molecule has 0 spiro atoms. The van der Waals surface area contributed by atoms with Gasteiger partial charge in [0, 0.05) is 28.0 Å². The van der Waals surface area contributed by atoms with Crippen LogP contribution in [-0.4, -0.2) is 45.0 Å². The van der Waals surface area contributed by atoms with Crippen molar-refractivity contribution in [3.8, 4) is 0 Å². The molecule has 0 aliphatic rings. The van der Waals surface area contributed by atoms with Crippen molar-refractivity contribution in [2.24, 2.45) is 5.73 Å². The number of nitrogens with one attached hydrogen (secondary N) is 1. The van der Waals surface area contributed by atoms with E-state index in [4.69, 9.17) is 17.3 Å². The maximum Gasteiger partial charge on any atom is 0.269 e. The van der Waals surface area contributed by atoms with Crippen LogP contribution < -0.4 is 11.1 Å². The first-order chi connectivity index (χ1) is 15.6. The molecule has 11 heteroatoms. The first-order valence-electron chi connectivity index (χ1n) is 10.0. The van der Waals surface area contributed by atoms with E-state index in [1.54, 1.807) is 38.1 Å². The molecule has 3 N–H and O–H groups in total. The second-order valence-corrected chi connectivity index (χ2v) is 8.96. The van der Waals surface area contributed by atoms with E-state index in [9.17, 15) is 18.8 Å². The largest absolute Gasteiger partial charge is 0.364 e. The van der Waals surface area contributed by atoms with Crippen molar-refractivity contribution in [1.29, 1.82) is 0 Å². The number of hydrogen-bond acceptors (Lipinski definition) is 4. The van der Waals surface area contributed by atoms with Crippen molar-refractivity contribution in [2.45, 2.75) is 33.0 Å². The Morgan fingerprint density at radius 2 is 2.00 bits per heavy atom. The second kappa shape index (κ2) is 10.3. The van der Waals surface area contributed by atoms with Gasteiger partial charge in [-0.2, -0.15) is 5.10 Å². The molecule has 0 aliphatic heterocycles. The summed E-state index contributed by atoms with van der Waals surface area (Å²) in [5.74, 6) is -2.14. The van der Waals surface area contributed by atoms with E-state index < -0.39 is 17.6 Å². The third kappa shape index (κ3) is 5.69. The van der Waals surface area contributed by atoms with E-state index in [-0.39, 0.29) is 47.9 Å². The molecule has 3 amide bonds. The quantitative estimate of drug-likeness (QED) is 0.459. The first-order valence-corrected chi connectivity index (χ1v) is 11.2. The minimum Gasteiger partial charge on any atom is -0.364 e. The van der Waals surface area contributed by atoms with Crippen LogP contribution in [0.15, 0.2) is 40.9 Å². The number of aromatic nitrogens is 2. The topological polar surface area (TPSA) is 110 Å². The lowest BCUT2D eigenvalue weighted by Crippen LogP contribution is -2.45. The van der Waals surface area contributed by atoms with Crippen molar-refractivity contribution in [3.05, 3.63) is 63.0 Å². The van der Waals surface area contributed by atoms with E-state index in [0.29, 0.717) is 10.9 Å². The highest BCUT2D eigenvalue weighted by molar-refractivity contribution is 9.10. The Morgan fingerprint density at radius 3 is 2.67 bits per heavy atom. The van der Waals surface area contributed by atoms with Crippen LogP contribution >= 0.6 is 27.5 Å². The summed E-state index contributed by atoms with van der Waals surface area (Å²) in [6.07, 6.45) is 0. The van der Waals surface area contributed by atoms with E-state index in [1.807, 2.05) is 0 Å². The zero-order valence-electron chi connectivity index (χ0n) is 17.9. The van der Waals surface area contributed by atoms with Crippen LogP contribution in [0.3, 0.4) is 0 Å². The fourth-order valence-electron chi connectivity index (χ4n) is 3.32. The molecular weight excluding hydrogens is 517 g/mol. The molecule has 0 radical (unpaired) electrons. The molecule has 0 saturated carbocycles. The van der Waals surface area contributed by atoms with Crippen LogP contribution in [0.2, 0.25) is 5.02 Å². The van der Waals surface area contributed by atoms with Gasteiger partial charge in [0.2, 0.25) is 11.8 Å². The predicted molar refractivity (Wildman–Crippen MR) is 126 cm³/mol. The molecule has 0 aliphatic carbocycles. The van der Waals surface area contributed by atoms with Crippen LogP contribution in [0.25, 0.3) is 10.9 Å². The van der Waals surface area contributed by atoms with Crippen molar-refractivity contribution in [3.63, 3.8) is 0 Å². The summed E-state index contributed by atoms with van der Waals surface area (Å²) in [5, 5.41) is 7.29. The van der Waals surface area contributed by atoms with Gasteiger partial charge in [-0.3, -0.25) is 19.1 Å². The Labute approximate surface area is 203 Å². The lowest BCUT2D eigenvalue weighted by atomic mass is 10.2. The van der Waals surface area contributed by atoms with E-state index in [1.165, 1.54) is 21.7 Å². The SMILES string of the molecule is CC(C)N(CC(=O)NCc1cccc(Cl)c1F)C(=O)Cn1nc(C(N)=O)c2cc(Br)ccc21. The third-order valence-corrected chi connectivity index (χ3v) is 5.78. The minimum atomic E-state index is -0.711. The lowest BCUT2D eigenvalue weighted by Gasteiger charge is -2.26. The van der Waals surface area contributed by atoms with Crippen LogP contribution in [-0.2, 0) is 22.7 Å². The molecule has 0 saturated heterocycles. The number of nitrogens with zero attached hydrogens (tertiary/aromatic N) is 3. The van der Waals surface area contributed by atoms with Crippen molar-refractivity contribution < 1.29 is 18.8 Å². The van der Waals surface area contributed by atoms with Crippen molar-refractivity contribution in [2.75, 3.05) is 6.54 Å². The summed E-state index contributed by atoms with van der Waals surface area (Å²) in [6.45, 7) is 3.06. The normalized spacial score (nSPS) is 11.1. The number of rotatable bonds is 8. The number of primary amides is 1. The molecular formula is C22H22BrClFN5O3. The predicted octanol–water partition coefficient (Wildman–Crippen LogP) is 3.24. The number of nitrogens with two attached hydrogens (primary N) is 1. The number of benzene rings is 2. The third-order valence-electron chi connectivity index (χ3n) is 5.00. The van der Waals surface area contributed by atoms with Gasteiger partial charge in [-0.05, 0) is 38.1 Å². The van der Waals surface area contributed by atoms with Crippen LogP contribution in [0.4, 0.5) is 4.39 Å². The molecule has 0 unspecified atom stereocenters. The summed E-state index contributed by atoms with van der Waals surface area (Å²) < 4.78 is 16.2. The molecule has 3 aromatic rings. The van der Waals surface area contributed by atoms with Gasteiger partial charge in [-0.1, -0.05) is 39.7 Å². The molecule has 33 heavy (non-hydrogen) atoms. The van der Waals surface area contributed by atoms with E-state index in [0.717, 1.165) is 4.47 Å². The Balaban J connectivity index is 1.73. The highest BCUT2D eigenvalue weighted by atomic mass is 79.9. The zero-order chi connectivity index (χ0) is 24.3. The number of carbonyl (C=O) groups excluding carboxylic acids is 3. The van der Waals surface area contributed by atoms with E-state index in [2.05, 4.69) is 26.3 Å². The molecule has 3 rings (SSSR count). The van der Waals surface area contributed by atoms with Gasteiger partial charge in [0.05, 0.1) is 17.1 Å². The maximum absolute atomic E-state index is 14.0. The van der Waals surface area contributed by atoms with Crippen molar-refractivity contribution in [1.82, 2.24) is 20.0 Å². The number of hydrogen-bond donors (Lipinski definition) is 2. The number of halogens is 3. The Bertz CT molecular complexity index is 1230. The first kappa shape index (κ1) is 24.7. The summed E-state index contributed by atoms with van der Waals surface area (Å²) in [4.78, 5) is 38.7. The van der Waals surface area contributed by atoms with Gasteiger partial charge in [-0.25, -0.2) is 4.39 Å². The fourth-order valence-corrected chi connectivity index (χ4v) is 3.88. The molecule has 0 fully saturated rings. The number of amides is 3. The average Bonchev–Trinajstić information content (AvgIpc) is 3.10. The Hall–Kier alpha value is -2.98. The number of fused-ring (bicyclic) bond motifs is 1. The number of carbonyl (C=O) groups is 3. The van der Waals surface area contributed by atoms with Gasteiger partial charge in [0.15, 0.2) is 5.69 Å². The Morgan fingerprint density at radius 1 is 1.27 bits per heavy atom. The smallest absolute Gasteiger partial charge is 0.269 e. The zero-order valence-corrected chi connectivity index (χ0v) is 20.3. The monoisotopic (exact) mass is 537 g/mol. The summed E-state index contributed by atoms with van der Waals surface area (Å²) >= 11 is 9.11. The van der Waals surface area contributed by atoms with Gasteiger partial charge in [-0.15, -0.1) is 0 Å². The van der Waals surface area contributed by atoms with Gasteiger partial charge >= 0.3 is 0 Å². The van der Waals surface area contributed by atoms with Crippen LogP contribution in [0.5, 0.6) is 0 Å². The molecule has 1 heterocycles. The van der Waals surface area contributed by atoms with Gasteiger partial charge in [0.25, 0.3) is 5.91 Å². The van der Waals surface area contributed by atoms with Crippen LogP contribution in [0, 0.1) is 5.82 Å². The lowest BCUT2D eigenvalue weighted by molar-refractivity contribution is -0.138. The molecule has 174 valence electrons. The van der Waals surface area contributed by atoms with Gasteiger partial charge < -0.3 is 16.0 Å². The van der Waals surface area contributed by atoms with Crippen molar-refractivity contribution >= 4 is 56.2 Å².